The number of esters is 1. The number of urea groups is 1. The van der Waals surface area contributed by atoms with E-state index in [4.69, 9.17) is 4.74 Å². The van der Waals surface area contributed by atoms with Gasteiger partial charge in [-0.05, 0) is 31.9 Å². The lowest BCUT2D eigenvalue weighted by Gasteiger charge is -2.31. The molecule has 2 N–H and O–H groups in total. The van der Waals surface area contributed by atoms with Gasteiger partial charge in [-0.25, -0.2) is 4.79 Å². The summed E-state index contributed by atoms with van der Waals surface area (Å²) in [7, 11) is 0. The molecule has 1 aromatic rings. The highest BCUT2D eigenvalue weighted by atomic mass is 16.5. The molecule has 0 aliphatic carbocycles. The fourth-order valence-electron chi connectivity index (χ4n) is 2.39. The van der Waals surface area contributed by atoms with Crippen LogP contribution in [0.4, 0.5) is 10.5 Å². The first kappa shape index (κ1) is 15.2. The summed E-state index contributed by atoms with van der Waals surface area (Å²) in [5.41, 5.74) is 0.362. The van der Waals surface area contributed by atoms with Crippen LogP contribution in [-0.2, 0) is 9.53 Å². The van der Waals surface area contributed by atoms with E-state index in [-0.39, 0.29) is 23.7 Å². The average molecular weight is 292 g/mol. The quantitative estimate of drug-likeness (QED) is 0.661. The minimum absolute atomic E-state index is 0.0183. The molecule has 1 aliphatic rings. The predicted octanol–water partition coefficient (Wildman–Crippen LogP) is 2.20. The number of likely N-dealkylation sites (tertiary alicyclic amines) is 1. The van der Waals surface area contributed by atoms with E-state index in [1.807, 2.05) is 0 Å². The van der Waals surface area contributed by atoms with Crippen molar-refractivity contribution in [3.63, 3.8) is 0 Å². The van der Waals surface area contributed by atoms with Crippen molar-refractivity contribution in [1.29, 1.82) is 0 Å². The molecule has 1 fully saturated rings. The molecule has 21 heavy (non-hydrogen) atoms. The molecule has 0 spiro atoms. The molecule has 1 atom stereocenters. The zero-order valence-electron chi connectivity index (χ0n) is 12.0. The van der Waals surface area contributed by atoms with E-state index in [0.717, 1.165) is 12.8 Å². The Bertz CT molecular complexity index is 518. The molecular formula is C15H20N2O4. The van der Waals surface area contributed by atoms with Gasteiger partial charge in [-0.3, -0.25) is 4.79 Å². The number of hydrogen-bond donors (Lipinski definition) is 2. The van der Waals surface area contributed by atoms with Gasteiger partial charge in [0.25, 0.3) is 0 Å². The summed E-state index contributed by atoms with van der Waals surface area (Å²) in [4.78, 5) is 25.5. The Morgan fingerprint density at radius 3 is 2.90 bits per heavy atom. The Balaban J connectivity index is 1.96. The van der Waals surface area contributed by atoms with Gasteiger partial charge in [-0.15, -0.1) is 0 Å². The maximum absolute atomic E-state index is 12.2. The van der Waals surface area contributed by atoms with Crippen molar-refractivity contribution in [3.05, 3.63) is 24.3 Å². The summed E-state index contributed by atoms with van der Waals surface area (Å²) >= 11 is 0. The number of para-hydroxylation sites is 2. The fraction of sp³-hybridized carbons (Fsp3) is 0.467. The number of nitrogens with zero attached hydrogens (tertiary/aromatic N) is 1. The normalized spacial score (nSPS) is 18.1. The molecule has 1 aliphatic heterocycles. The third kappa shape index (κ3) is 3.87. The zero-order valence-corrected chi connectivity index (χ0v) is 12.0. The van der Waals surface area contributed by atoms with E-state index in [9.17, 15) is 14.7 Å². The lowest BCUT2D eigenvalue weighted by atomic mass is 9.98. The number of phenols is 1. The molecule has 1 heterocycles. The van der Waals surface area contributed by atoms with Crippen molar-refractivity contribution in [1.82, 2.24) is 4.90 Å². The van der Waals surface area contributed by atoms with Gasteiger partial charge in [0, 0.05) is 13.1 Å². The molecule has 1 unspecified atom stereocenters. The van der Waals surface area contributed by atoms with E-state index in [1.54, 1.807) is 30.0 Å². The highest BCUT2D eigenvalue weighted by Crippen LogP contribution is 2.23. The molecule has 6 nitrogen and oxygen atoms in total. The van der Waals surface area contributed by atoms with Crippen molar-refractivity contribution in [2.24, 2.45) is 5.92 Å². The first-order valence-corrected chi connectivity index (χ1v) is 7.12. The van der Waals surface area contributed by atoms with E-state index < -0.39 is 0 Å². The number of rotatable bonds is 3. The molecule has 0 bridgehead atoms. The monoisotopic (exact) mass is 292 g/mol. The number of ether oxygens (including phenoxy) is 1. The molecule has 2 amide bonds. The van der Waals surface area contributed by atoms with Gasteiger partial charge in [-0.1, -0.05) is 12.1 Å². The van der Waals surface area contributed by atoms with E-state index in [1.165, 1.54) is 6.07 Å². The van der Waals surface area contributed by atoms with Crippen molar-refractivity contribution < 1.29 is 19.4 Å². The van der Waals surface area contributed by atoms with Gasteiger partial charge >= 0.3 is 12.0 Å². The minimum Gasteiger partial charge on any atom is -0.506 e. The molecule has 0 radical (unpaired) electrons. The van der Waals surface area contributed by atoms with Crippen molar-refractivity contribution in [3.8, 4) is 5.75 Å². The number of benzene rings is 1. The first-order chi connectivity index (χ1) is 10.1. The zero-order chi connectivity index (χ0) is 15.2. The standard InChI is InChI=1S/C15H20N2O4/c1-2-21-14(19)11-6-5-9-17(10-11)15(20)16-12-7-3-4-8-13(12)18/h3-4,7-8,11,18H,2,5-6,9-10H2,1H3,(H,16,20). The molecule has 6 heteroatoms. The van der Waals surface area contributed by atoms with Gasteiger partial charge in [0.2, 0.25) is 0 Å². The fourth-order valence-corrected chi connectivity index (χ4v) is 2.39. The molecule has 0 saturated carbocycles. The largest absolute Gasteiger partial charge is 0.506 e. The van der Waals surface area contributed by atoms with Crippen LogP contribution in [0.3, 0.4) is 0 Å². The predicted molar refractivity (Wildman–Crippen MR) is 78.1 cm³/mol. The summed E-state index contributed by atoms with van der Waals surface area (Å²) in [5, 5.41) is 12.3. The summed E-state index contributed by atoms with van der Waals surface area (Å²) in [6.07, 6.45) is 1.50. The highest BCUT2D eigenvalue weighted by Gasteiger charge is 2.29. The maximum atomic E-state index is 12.2. The average Bonchev–Trinajstić information content (AvgIpc) is 2.50. The molecule has 1 aromatic carbocycles. The van der Waals surface area contributed by atoms with Crippen molar-refractivity contribution in [2.45, 2.75) is 19.8 Å². The van der Waals surface area contributed by atoms with Crippen LogP contribution in [0.5, 0.6) is 5.75 Å². The lowest BCUT2D eigenvalue weighted by molar-refractivity contribution is -0.149. The number of carbonyl (C=O) groups is 2. The number of carbonyl (C=O) groups excluding carboxylic acids is 2. The SMILES string of the molecule is CCOC(=O)C1CCCN(C(=O)Nc2ccccc2O)C1. The number of nitrogens with one attached hydrogen (secondary N) is 1. The van der Waals surface area contributed by atoms with Crippen molar-refractivity contribution in [2.75, 3.05) is 25.0 Å². The van der Waals surface area contributed by atoms with Crippen LogP contribution in [0.2, 0.25) is 0 Å². The summed E-state index contributed by atoms with van der Waals surface area (Å²) in [5.74, 6) is -0.504. The number of amides is 2. The number of aromatic hydroxyl groups is 1. The Morgan fingerprint density at radius 2 is 2.19 bits per heavy atom. The minimum atomic E-state index is -0.314. The third-order valence-corrected chi connectivity index (χ3v) is 3.47. The third-order valence-electron chi connectivity index (χ3n) is 3.47. The van der Waals surface area contributed by atoms with Crippen LogP contribution >= 0.6 is 0 Å². The Morgan fingerprint density at radius 1 is 1.43 bits per heavy atom. The van der Waals surface area contributed by atoms with Crippen LogP contribution in [0.1, 0.15) is 19.8 Å². The second-order valence-corrected chi connectivity index (χ2v) is 4.98. The topological polar surface area (TPSA) is 78.9 Å². The number of piperidine rings is 1. The van der Waals surface area contributed by atoms with E-state index >= 15 is 0 Å². The van der Waals surface area contributed by atoms with Crippen LogP contribution in [0.25, 0.3) is 0 Å². The van der Waals surface area contributed by atoms with Gasteiger partial charge in [0.15, 0.2) is 0 Å². The maximum Gasteiger partial charge on any atom is 0.321 e. The van der Waals surface area contributed by atoms with E-state index in [0.29, 0.717) is 25.4 Å². The second kappa shape index (κ2) is 6.97. The molecule has 2 rings (SSSR count). The van der Waals surface area contributed by atoms with Crippen LogP contribution in [0, 0.1) is 5.92 Å². The lowest BCUT2D eigenvalue weighted by Crippen LogP contribution is -2.44. The molecular weight excluding hydrogens is 272 g/mol. The van der Waals surface area contributed by atoms with E-state index in [2.05, 4.69) is 5.32 Å². The first-order valence-electron chi connectivity index (χ1n) is 7.12. The second-order valence-electron chi connectivity index (χ2n) is 4.98. The van der Waals surface area contributed by atoms with Gasteiger partial charge in [0.1, 0.15) is 5.75 Å². The smallest absolute Gasteiger partial charge is 0.321 e. The summed E-state index contributed by atoms with van der Waals surface area (Å²) < 4.78 is 5.01. The number of hydrogen-bond acceptors (Lipinski definition) is 4. The highest BCUT2D eigenvalue weighted by molar-refractivity contribution is 5.91. The van der Waals surface area contributed by atoms with Gasteiger partial charge in [0.05, 0.1) is 18.2 Å². The Kier molecular flexibility index (Phi) is 5.03. The van der Waals surface area contributed by atoms with Gasteiger partial charge < -0.3 is 20.1 Å². The van der Waals surface area contributed by atoms with Crippen LogP contribution in [-0.4, -0.2) is 41.7 Å². The van der Waals surface area contributed by atoms with Crippen molar-refractivity contribution >= 4 is 17.7 Å². The Hall–Kier alpha value is -2.24. The van der Waals surface area contributed by atoms with Crippen LogP contribution < -0.4 is 5.32 Å². The Labute approximate surface area is 123 Å². The summed E-state index contributed by atoms with van der Waals surface area (Å²) in [6, 6.07) is 6.23. The molecule has 1 saturated heterocycles. The molecule has 114 valence electrons. The number of anilines is 1. The van der Waals surface area contributed by atoms with Gasteiger partial charge in [-0.2, -0.15) is 0 Å². The van der Waals surface area contributed by atoms with Crippen LogP contribution in [0.15, 0.2) is 24.3 Å². The number of phenolic OH excluding ortho intramolecular Hbond substituents is 1. The summed E-state index contributed by atoms with van der Waals surface area (Å²) in [6.45, 7) is 3.05. The molecule has 0 aromatic heterocycles.